The molecule has 2 unspecified atom stereocenters. The fourth-order valence-electron chi connectivity index (χ4n) is 2.29. The third-order valence-corrected chi connectivity index (χ3v) is 3.69. The number of hydrogen-bond donors (Lipinski definition) is 1. The summed E-state index contributed by atoms with van der Waals surface area (Å²) in [6.45, 7) is 6.68. The average molecular weight is 270 g/mol. The maximum absolute atomic E-state index is 6.17. The normalized spacial score (nSPS) is 25.3. The van der Waals surface area contributed by atoms with Gasteiger partial charge in [-0.05, 0) is 25.5 Å². The monoisotopic (exact) mass is 269 g/mol. The molecular formula is C13H20ClN3O. The molecule has 1 aromatic heterocycles. The number of anilines is 1. The van der Waals surface area contributed by atoms with Gasteiger partial charge in [-0.1, -0.05) is 18.5 Å². The molecule has 18 heavy (non-hydrogen) atoms. The summed E-state index contributed by atoms with van der Waals surface area (Å²) in [5, 5.41) is 0.679. The highest BCUT2D eigenvalue weighted by Crippen LogP contribution is 2.21. The first-order valence-corrected chi connectivity index (χ1v) is 6.74. The number of morpholine rings is 1. The molecule has 5 heteroatoms. The quantitative estimate of drug-likeness (QED) is 0.915. The fourth-order valence-corrected chi connectivity index (χ4v) is 2.45. The second-order valence-corrected chi connectivity index (χ2v) is 5.21. The Morgan fingerprint density at radius 3 is 3.06 bits per heavy atom. The van der Waals surface area contributed by atoms with Crippen molar-refractivity contribution in [2.24, 2.45) is 0 Å². The van der Waals surface area contributed by atoms with Gasteiger partial charge in [-0.3, -0.25) is 4.90 Å². The predicted molar refractivity (Wildman–Crippen MR) is 73.6 cm³/mol. The molecule has 1 saturated heterocycles. The Hall–Kier alpha value is -0.840. The summed E-state index contributed by atoms with van der Waals surface area (Å²) in [6.07, 6.45) is 1.32. The number of aromatic nitrogens is 1. The first kappa shape index (κ1) is 13.6. The summed E-state index contributed by atoms with van der Waals surface area (Å²) in [6, 6.07) is 3.97. The van der Waals surface area contributed by atoms with E-state index in [1.54, 1.807) is 6.07 Å². The van der Waals surface area contributed by atoms with Crippen molar-refractivity contribution in [2.45, 2.75) is 39.0 Å². The van der Waals surface area contributed by atoms with Crippen LogP contribution in [0.15, 0.2) is 12.1 Å². The standard InChI is InChI=1S/C13H20ClN3O/c1-3-10-8-18-9(2)6-17(10)7-12-11(14)4-5-13(15)16-12/h4-5,9-10H,3,6-8H2,1-2H3,(H2,15,16). The van der Waals surface area contributed by atoms with Crippen molar-refractivity contribution >= 4 is 17.4 Å². The van der Waals surface area contributed by atoms with Crippen molar-refractivity contribution in [3.63, 3.8) is 0 Å². The summed E-state index contributed by atoms with van der Waals surface area (Å²) >= 11 is 6.17. The highest BCUT2D eigenvalue weighted by atomic mass is 35.5. The lowest BCUT2D eigenvalue weighted by Crippen LogP contribution is -2.48. The van der Waals surface area contributed by atoms with Gasteiger partial charge < -0.3 is 10.5 Å². The second kappa shape index (κ2) is 5.87. The lowest BCUT2D eigenvalue weighted by atomic mass is 10.1. The van der Waals surface area contributed by atoms with Crippen molar-refractivity contribution in [1.82, 2.24) is 9.88 Å². The van der Waals surface area contributed by atoms with Crippen molar-refractivity contribution in [3.8, 4) is 0 Å². The summed E-state index contributed by atoms with van der Waals surface area (Å²) in [4.78, 5) is 6.70. The maximum Gasteiger partial charge on any atom is 0.123 e. The predicted octanol–water partition coefficient (Wildman–Crippen LogP) is 2.32. The van der Waals surface area contributed by atoms with Crippen LogP contribution < -0.4 is 5.73 Å². The molecule has 2 heterocycles. The zero-order chi connectivity index (χ0) is 13.1. The Balaban J connectivity index is 2.12. The number of ether oxygens (including phenoxy) is 1. The Morgan fingerprint density at radius 2 is 2.33 bits per heavy atom. The van der Waals surface area contributed by atoms with E-state index in [4.69, 9.17) is 22.1 Å². The van der Waals surface area contributed by atoms with Crippen LogP contribution in [0.25, 0.3) is 0 Å². The third-order valence-electron chi connectivity index (χ3n) is 3.35. The number of nitrogen functional groups attached to an aromatic ring is 1. The SMILES string of the molecule is CCC1COC(C)CN1Cc1nc(N)ccc1Cl. The van der Waals surface area contributed by atoms with Crippen LogP contribution in [-0.4, -0.2) is 35.2 Å². The van der Waals surface area contributed by atoms with Gasteiger partial charge in [0.25, 0.3) is 0 Å². The molecule has 1 aliphatic heterocycles. The van der Waals surface area contributed by atoms with Crippen LogP contribution in [0.3, 0.4) is 0 Å². The summed E-state index contributed by atoms with van der Waals surface area (Å²) < 4.78 is 5.68. The molecule has 0 saturated carbocycles. The molecule has 0 aromatic carbocycles. The summed E-state index contributed by atoms with van der Waals surface area (Å²) in [7, 11) is 0. The lowest BCUT2D eigenvalue weighted by molar-refractivity contribution is -0.0595. The molecule has 1 fully saturated rings. The van der Waals surface area contributed by atoms with E-state index in [-0.39, 0.29) is 6.10 Å². The number of hydrogen-bond acceptors (Lipinski definition) is 4. The molecule has 0 radical (unpaired) electrons. The minimum atomic E-state index is 0.257. The van der Waals surface area contributed by atoms with Gasteiger partial charge in [0.1, 0.15) is 5.82 Å². The minimum Gasteiger partial charge on any atom is -0.384 e. The smallest absolute Gasteiger partial charge is 0.123 e. The zero-order valence-electron chi connectivity index (χ0n) is 10.9. The van der Waals surface area contributed by atoms with Gasteiger partial charge in [0.15, 0.2) is 0 Å². The van der Waals surface area contributed by atoms with Gasteiger partial charge in [-0.25, -0.2) is 4.98 Å². The van der Waals surface area contributed by atoms with E-state index in [2.05, 4.69) is 23.7 Å². The van der Waals surface area contributed by atoms with Crippen molar-refractivity contribution in [2.75, 3.05) is 18.9 Å². The molecule has 0 spiro atoms. The van der Waals surface area contributed by atoms with Gasteiger partial charge in [-0.15, -0.1) is 0 Å². The number of nitrogens with two attached hydrogens (primary N) is 1. The van der Waals surface area contributed by atoms with Gasteiger partial charge in [0, 0.05) is 19.1 Å². The van der Waals surface area contributed by atoms with Crippen LogP contribution in [0.4, 0.5) is 5.82 Å². The van der Waals surface area contributed by atoms with Crippen LogP contribution in [0.2, 0.25) is 5.02 Å². The molecule has 0 bridgehead atoms. The van der Waals surface area contributed by atoms with Crippen LogP contribution in [0.5, 0.6) is 0 Å². The van der Waals surface area contributed by atoms with E-state index in [0.29, 0.717) is 16.9 Å². The molecule has 2 atom stereocenters. The molecule has 0 aliphatic carbocycles. The van der Waals surface area contributed by atoms with Crippen LogP contribution in [0.1, 0.15) is 26.0 Å². The van der Waals surface area contributed by atoms with Gasteiger partial charge in [0.05, 0.1) is 23.4 Å². The molecule has 1 aliphatic rings. The van der Waals surface area contributed by atoms with Crippen molar-refractivity contribution in [1.29, 1.82) is 0 Å². The molecule has 100 valence electrons. The van der Waals surface area contributed by atoms with E-state index in [1.165, 1.54) is 0 Å². The Morgan fingerprint density at radius 1 is 1.56 bits per heavy atom. The summed E-state index contributed by atoms with van der Waals surface area (Å²) in [5.74, 6) is 0.517. The number of pyridine rings is 1. The highest BCUT2D eigenvalue weighted by molar-refractivity contribution is 6.31. The zero-order valence-corrected chi connectivity index (χ0v) is 11.7. The van der Waals surface area contributed by atoms with Crippen molar-refractivity contribution in [3.05, 3.63) is 22.8 Å². The first-order chi connectivity index (χ1) is 8.60. The van der Waals surface area contributed by atoms with Gasteiger partial charge >= 0.3 is 0 Å². The van der Waals surface area contributed by atoms with Crippen LogP contribution >= 0.6 is 11.6 Å². The molecule has 1 aromatic rings. The van der Waals surface area contributed by atoms with Crippen LogP contribution in [-0.2, 0) is 11.3 Å². The largest absolute Gasteiger partial charge is 0.384 e. The van der Waals surface area contributed by atoms with Gasteiger partial charge in [0.2, 0.25) is 0 Å². The highest BCUT2D eigenvalue weighted by Gasteiger charge is 2.26. The Bertz CT molecular complexity index is 413. The summed E-state index contributed by atoms with van der Waals surface area (Å²) in [5.41, 5.74) is 6.57. The third kappa shape index (κ3) is 3.13. The lowest BCUT2D eigenvalue weighted by Gasteiger charge is -2.38. The Labute approximate surface area is 113 Å². The number of nitrogens with zero attached hydrogens (tertiary/aromatic N) is 2. The number of rotatable bonds is 3. The minimum absolute atomic E-state index is 0.257. The molecule has 4 nitrogen and oxygen atoms in total. The number of halogens is 1. The van der Waals surface area contributed by atoms with Crippen LogP contribution in [0, 0.1) is 0 Å². The molecule has 2 N–H and O–H groups in total. The van der Waals surface area contributed by atoms with Gasteiger partial charge in [-0.2, -0.15) is 0 Å². The van der Waals surface area contributed by atoms with Crippen molar-refractivity contribution < 1.29 is 4.74 Å². The maximum atomic E-state index is 6.17. The molecule has 0 amide bonds. The van der Waals surface area contributed by atoms with E-state index in [1.807, 2.05) is 6.07 Å². The topological polar surface area (TPSA) is 51.4 Å². The molecular weight excluding hydrogens is 250 g/mol. The van der Waals surface area contributed by atoms with E-state index in [9.17, 15) is 0 Å². The Kier molecular flexibility index (Phi) is 4.43. The average Bonchev–Trinajstić information content (AvgIpc) is 2.34. The van der Waals surface area contributed by atoms with E-state index >= 15 is 0 Å². The van der Waals surface area contributed by atoms with E-state index < -0.39 is 0 Å². The first-order valence-electron chi connectivity index (χ1n) is 6.36. The second-order valence-electron chi connectivity index (χ2n) is 4.80. The molecule has 2 rings (SSSR count). The van der Waals surface area contributed by atoms with E-state index in [0.717, 1.165) is 31.8 Å². The fraction of sp³-hybridized carbons (Fsp3) is 0.615.